The van der Waals surface area contributed by atoms with Crippen molar-refractivity contribution in [2.45, 2.75) is 37.9 Å². The summed E-state index contributed by atoms with van der Waals surface area (Å²) < 4.78 is 38.8. The van der Waals surface area contributed by atoms with Gasteiger partial charge in [0, 0.05) is 57.5 Å². The Kier molecular flexibility index (Phi) is 7.45. The first-order valence-corrected chi connectivity index (χ1v) is 11.8. The minimum absolute atomic E-state index is 0.0933. The summed E-state index contributed by atoms with van der Waals surface area (Å²) in [5.74, 6) is 0.564. The van der Waals surface area contributed by atoms with Crippen LogP contribution in [-0.2, 0) is 6.18 Å². The number of amides is 2. The van der Waals surface area contributed by atoms with E-state index in [-0.39, 0.29) is 6.03 Å². The smallest absolute Gasteiger partial charge is 0.369 e. The van der Waals surface area contributed by atoms with Gasteiger partial charge in [0.25, 0.3) is 0 Å². The number of alkyl halides is 3. The number of benzene rings is 1. The van der Waals surface area contributed by atoms with Crippen LogP contribution in [0.2, 0.25) is 0 Å². The molecule has 6 nitrogen and oxygen atoms in total. The first-order valence-electron chi connectivity index (χ1n) is 11.8. The number of carbonyl (C=O) groups excluding carboxylic acids is 1. The predicted octanol–water partition coefficient (Wildman–Crippen LogP) is 3.00. The van der Waals surface area contributed by atoms with Crippen LogP contribution in [0, 0.1) is 5.92 Å². The number of likely N-dealkylation sites (tertiary alicyclic amines) is 1. The van der Waals surface area contributed by atoms with Gasteiger partial charge in [-0.25, -0.2) is 4.79 Å². The zero-order chi connectivity index (χ0) is 22.6. The molecule has 2 heterocycles. The normalized spacial score (nSPS) is 22.8. The Hall–Kier alpha value is -2.00. The van der Waals surface area contributed by atoms with Crippen LogP contribution in [-0.4, -0.2) is 80.8 Å². The molecule has 32 heavy (non-hydrogen) atoms. The Morgan fingerprint density at radius 1 is 1.03 bits per heavy atom. The van der Waals surface area contributed by atoms with E-state index in [0.29, 0.717) is 31.2 Å². The molecule has 1 aliphatic carbocycles. The van der Waals surface area contributed by atoms with Gasteiger partial charge in [0.2, 0.25) is 0 Å². The van der Waals surface area contributed by atoms with Gasteiger partial charge in [0.1, 0.15) is 0 Å². The Balaban J connectivity index is 1.07. The number of carbonyl (C=O) groups is 1. The highest BCUT2D eigenvalue weighted by Crippen LogP contribution is 2.32. The van der Waals surface area contributed by atoms with Gasteiger partial charge in [-0.1, -0.05) is 6.07 Å². The van der Waals surface area contributed by atoms with Crippen molar-refractivity contribution >= 4 is 11.7 Å². The maximum absolute atomic E-state index is 12.9. The van der Waals surface area contributed by atoms with Crippen molar-refractivity contribution in [3.8, 4) is 0 Å². The van der Waals surface area contributed by atoms with Gasteiger partial charge < -0.3 is 20.4 Å². The highest BCUT2D eigenvalue weighted by Gasteiger charge is 2.34. The van der Waals surface area contributed by atoms with Crippen LogP contribution in [0.15, 0.2) is 24.3 Å². The van der Waals surface area contributed by atoms with Gasteiger partial charge in [-0.3, -0.25) is 4.90 Å². The van der Waals surface area contributed by atoms with Crippen molar-refractivity contribution < 1.29 is 18.0 Å². The molecule has 2 saturated heterocycles. The Labute approximate surface area is 188 Å². The van der Waals surface area contributed by atoms with E-state index < -0.39 is 11.7 Å². The summed E-state index contributed by atoms with van der Waals surface area (Å²) in [5, 5.41) is 5.95. The third-order valence-electron chi connectivity index (χ3n) is 6.78. The van der Waals surface area contributed by atoms with Crippen molar-refractivity contribution in [2.24, 2.45) is 5.92 Å². The molecule has 1 aromatic rings. The van der Waals surface area contributed by atoms with Crippen LogP contribution < -0.4 is 15.5 Å². The second-order valence-electron chi connectivity index (χ2n) is 9.25. The van der Waals surface area contributed by atoms with E-state index in [9.17, 15) is 18.0 Å². The maximum Gasteiger partial charge on any atom is 0.416 e. The zero-order valence-corrected chi connectivity index (χ0v) is 18.5. The molecule has 3 fully saturated rings. The number of hydrogen-bond donors (Lipinski definition) is 2. The van der Waals surface area contributed by atoms with Crippen LogP contribution in [0.25, 0.3) is 0 Å². The quantitative estimate of drug-likeness (QED) is 0.595. The molecular formula is C23H34F3N5O. The molecule has 3 aliphatic rings. The lowest BCUT2D eigenvalue weighted by Crippen LogP contribution is -2.47. The third-order valence-corrected chi connectivity index (χ3v) is 6.78. The lowest BCUT2D eigenvalue weighted by molar-refractivity contribution is -0.137. The molecule has 0 bridgehead atoms. The van der Waals surface area contributed by atoms with Gasteiger partial charge in [-0.05, 0) is 62.9 Å². The molecule has 1 atom stereocenters. The molecule has 2 aliphatic heterocycles. The fraction of sp³-hybridized carbons (Fsp3) is 0.696. The average molecular weight is 454 g/mol. The number of piperazine rings is 1. The molecule has 2 N–H and O–H groups in total. The summed E-state index contributed by atoms with van der Waals surface area (Å²) in [6.45, 7) is 7.53. The third kappa shape index (κ3) is 6.51. The van der Waals surface area contributed by atoms with Crippen LogP contribution in [0.3, 0.4) is 0 Å². The lowest BCUT2D eigenvalue weighted by Gasteiger charge is -2.36. The number of rotatable bonds is 8. The SMILES string of the molecule is O=C(NCCCN1CCN(c2cccc(C(F)(F)F)c2)CC1)NCC1CCN(C2CC2)C1. The average Bonchev–Trinajstić information content (AvgIpc) is 3.53. The van der Waals surface area contributed by atoms with Crippen LogP contribution in [0.1, 0.15) is 31.2 Å². The topological polar surface area (TPSA) is 50.9 Å². The van der Waals surface area contributed by atoms with E-state index in [1.165, 1.54) is 37.9 Å². The second-order valence-corrected chi connectivity index (χ2v) is 9.25. The largest absolute Gasteiger partial charge is 0.416 e. The number of nitrogens with one attached hydrogen (secondary N) is 2. The molecule has 0 radical (unpaired) electrons. The number of halogens is 3. The van der Waals surface area contributed by atoms with Crippen molar-refractivity contribution in [2.75, 3.05) is 63.8 Å². The molecule has 9 heteroatoms. The van der Waals surface area contributed by atoms with E-state index >= 15 is 0 Å². The Morgan fingerprint density at radius 2 is 1.81 bits per heavy atom. The monoisotopic (exact) mass is 453 g/mol. The van der Waals surface area contributed by atoms with Crippen molar-refractivity contribution in [1.29, 1.82) is 0 Å². The van der Waals surface area contributed by atoms with Crippen LogP contribution >= 0.6 is 0 Å². The first kappa shape index (κ1) is 23.2. The number of anilines is 1. The fourth-order valence-corrected chi connectivity index (χ4v) is 4.71. The van der Waals surface area contributed by atoms with Crippen molar-refractivity contribution in [1.82, 2.24) is 20.4 Å². The molecule has 1 unspecified atom stereocenters. The minimum atomic E-state index is -4.31. The second kappa shape index (κ2) is 10.3. The standard InChI is InChI=1S/C23H34F3N5O/c24-23(25,26)19-3-1-4-21(15-19)30-13-11-29(12-14-30)9-2-8-27-22(32)28-16-18-7-10-31(17-18)20-5-6-20/h1,3-4,15,18,20H,2,5-14,16-17H2,(H2,27,28,32). The summed E-state index contributed by atoms with van der Waals surface area (Å²) in [6, 6.07) is 6.26. The number of nitrogens with zero attached hydrogens (tertiary/aromatic N) is 3. The van der Waals surface area contributed by atoms with Gasteiger partial charge in [0.15, 0.2) is 0 Å². The molecule has 0 spiro atoms. The molecule has 178 valence electrons. The first-order chi connectivity index (χ1) is 15.4. The molecule has 1 aromatic carbocycles. The molecule has 0 aromatic heterocycles. The molecular weight excluding hydrogens is 419 g/mol. The van der Waals surface area contributed by atoms with E-state index in [0.717, 1.165) is 51.3 Å². The van der Waals surface area contributed by atoms with Gasteiger partial charge >= 0.3 is 12.2 Å². The highest BCUT2D eigenvalue weighted by atomic mass is 19.4. The predicted molar refractivity (Wildman–Crippen MR) is 119 cm³/mol. The Morgan fingerprint density at radius 3 is 2.53 bits per heavy atom. The summed E-state index contributed by atoms with van der Waals surface area (Å²) in [6.07, 6.45) is 0.381. The van der Waals surface area contributed by atoms with E-state index in [2.05, 4.69) is 20.4 Å². The number of urea groups is 1. The van der Waals surface area contributed by atoms with E-state index in [1.54, 1.807) is 6.07 Å². The summed E-state index contributed by atoms with van der Waals surface area (Å²) in [7, 11) is 0. The lowest BCUT2D eigenvalue weighted by atomic mass is 10.1. The van der Waals surface area contributed by atoms with Crippen LogP contribution in [0.5, 0.6) is 0 Å². The molecule has 1 saturated carbocycles. The van der Waals surface area contributed by atoms with Crippen molar-refractivity contribution in [3.63, 3.8) is 0 Å². The van der Waals surface area contributed by atoms with Gasteiger partial charge in [-0.15, -0.1) is 0 Å². The van der Waals surface area contributed by atoms with Gasteiger partial charge in [0.05, 0.1) is 5.56 Å². The maximum atomic E-state index is 12.9. The van der Waals surface area contributed by atoms with Crippen molar-refractivity contribution in [3.05, 3.63) is 29.8 Å². The molecule has 2 amide bonds. The highest BCUT2D eigenvalue weighted by molar-refractivity contribution is 5.73. The number of hydrogen-bond acceptors (Lipinski definition) is 4. The van der Waals surface area contributed by atoms with Gasteiger partial charge in [-0.2, -0.15) is 13.2 Å². The Bertz CT molecular complexity index is 762. The van der Waals surface area contributed by atoms with E-state index in [1.807, 2.05) is 4.90 Å². The zero-order valence-electron chi connectivity index (χ0n) is 18.5. The van der Waals surface area contributed by atoms with E-state index in [4.69, 9.17) is 0 Å². The summed E-state index contributed by atoms with van der Waals surface area (Å²) >= 11 is 0. The fourth-order valence-electron chi connectivity index (χ4n) is 4.71. The minimum Gasteiger partial charge on any atom is -0.369 e. The molecule has 4 rings (SSSR count). The van der Waals surface area contributed by atoms with Crippen LogP contribution in [0.4, 0.5) is 23.7 Å². The summed E-state index contributed by atoms with van der Waals surface area (Å²) in [4.78, 5) is 18.9. The summed E-state index contributed by atoms with van der Waals surface area (Å²) in [5.41, 5.74) is 0.0234.